The number of furan rings is 1. The maximum Gasteiger partial charge on any atom is 0.143 e. The molecule has 0 saturated heterocycles. The fourth-order valence-electron chi connectivity index (χ4n) is 13.1. The van der Waals surface area contributed by atoms with E-state index in [0.29, 0.717) is 0 Å². The molecular weight excluding hydrogens is 859 g/mol. The van der Waals surface area contributed by atoms with Crippen LogP contribution in [0, 0.1) is 0 Å². The van der Waals surface area contributed by atoms with E-state index in [2.05, 4.69) is 251 Å². The van der Waals surface area contributed by atoms with Crippen molar-refractivity contribution in [3.8, 4) is 55.6 Å². The lowest BCUT2D eigenvalue weighted by Crippen LogP contribution is -2.34. The molecule has 0 atom stereocenters. The van der Waals surface area contributed by atoms with Crippen molar-refractivity contribution >= 4 is 39.0 Å². The maximum atomic E-state index is 6.60. The summed E-state index contributed by atoms with van der Waals surface area (Å²) in [6.07, 6.45) is 2.27. The minimum Gasteiger partial charge on any atom is -0.455 e. The molecule has 1 spiro atoms. The van der Waals surface area contributed by atoms with Crippen molar-refractivity contribution in [3.05, 3.63) is 258 Å². The number of hydrogen-bond acceptors (Lipinski definition) is 2. The molecule has 0 radical (unpaired) electrons. The lowest BCUT2D eigenvalue weighted by atomic mass is 9.61. The zero-order valence-electron chi connectivity index (χ0n) is 40.6. The van der Waals surface area contributed by atoms with Gasteiger partial charge in [0.2, 0.25) is 0 Å². The van der Waals surface area contributed by atoms with Gasteiger partial charge in [0.15, 0.2) is 0 Å². The van der Waals surface area contributed by atoms with Crippen LogP contribution in [0.2, 0.25) is 0 Å². The Morgan fingerprint density at radius 2 is 0.845 bits per heavy atom. The van der Waals surface area contributed by atoms with Crippen molar-refractivity contribution in [1.82, 2.24) is 0 Å². The average Bonchev–Trinajstić information content (AvgIpc) is 4.06. The fraction of sp³-hybridized carbons (Fsp3) is 0.130. The summed E-state index contributed by atoms with van der Waals surface area (Å²) in [5.74, 6) is 0. The summed E-state index contributed by atoms with van der Waals surface area (Å²) in [5.41, 5.74) is 25.2. The van der Waals surface area contributed by atoms with Crippen molar-refractivity contribution in [3.63, 3.8) is 0 Å². The molecule has 71 heavy (non-hydrogen) atoms. The minimum absolute atomic E-state index is 0.0389. The van der Waals surface area contributed by atoms with Gasteiger partial charge in [0.1, 0.15) is 11.2 Å². The van der Waals surface area contributed by atoms with Gasteiger partial charge in [-0.2, -0.15) is 0 Å². The quantitative estimate of drug-likeness (QED) is 0.165. The van der Waals surface area contributed by atoms with E-state index in [1.54, 1.807) is 0 Å². The molecule has 10 aromatic carbocycles. The summed E-state index contributed by atoms with van der Waals surface area (Å²) in [6.45, 7) is 9.82. The van der Waals surface area contributed by atoms with Gasteiger partial charge in [0.25, 0.3) is 0 Å². The van der Waals surface area contributed by atoms with Crippen LogP contribution in [-0.2, 0) is 16.2 Å². The van der Waals surface area contributed by atoms with Crippen molar-refractivity contribution in [2.24, 2.45) is 0 Å². The highest BCUT2D eigenvalue weighted by atomic mass is 16.3. The van der Waals surface area contributed by atoms with E-state index in [-0.39, 0.29) is 10.8 Å². The molecule has 0 aliphatic heterocycles. The molecule has 11 aromatic rings. The van der Waals surface area contributed by atoms with Gasteiger partial charge in [-0.25, -0.2) is 0 Å². The van der Waals surface area contributed by atoms with Crippen LogP contribution in [0.5, 0.6) is 0 Å². The Morgan fingerprint density at radius 3 is 1.52 bits per heavy atom. The molecule has 3 aliphatic carbocycles. The van der Waals surface area contributed by atoms with E-state index in [4.69, 9.17) is 4.42 Å². The highest BCUT2D eigenvalue weighted by Gasteiger charge is 2.52. The first kappa shape index (κ1) is 41.7. The topological polar surface area (TPSA) is 16.4 Å². The van der Waals surface area contributed by atoms with E-state index in [0.717, 1.165) is 63.0 Å². The zero-order valence-corrected chi connectivity index (χ0v) is 40.6. The summed E-state index contributed by atoms with van der Waals surface area (Å²) in [4.78, 5) is 2.54. The fourth-order valence-corrected chi connectivity index (χ4v) is 13.1. The van der Waals surface area contributed by atoms with Crippen LogP contribution < -0.4 is 4.90 Å². The van der Waals surface area contributed by atoms with E-state index in [1.807, 2.05) is 6.07 Å². The van der Waals surface area contributed by atoms with Crippen LogP contribution in [0.1, 0.15) is 73.9 Å². The smallest absolute Gasteiger partial charge is 0.143 e. The van der Waals surface area contributed by atoms with Crippen LogP contribution in [0.25, 0.3) is 77.6 Å². The van der Waals surface area contributed by atoms with E-state index in [1.165, 1.54) is 77.9 Å². The molecule has 340 valence electrons. The third-order valence-corrected chi connectivity index (χ3v) is 16.6. The predicted molar refractivity (Wildman–Crippen MR) is 296 cm³/mol. The third kappa shape index (κ3) is 6.07. The van der Waals surface area contributed by atoms with E-state index < -0.39 is 5.41 Å². The van der Waals surface area contributed by atoms with Crippen LogP contribution in [0.3, 0.4) is 0 Å². The van der Waals surface area contributed by atoms with E-state index >= 15 is 0 Å². The Kier molecular flexibility index (Phi) is 9.05. The number of rotatable bonds is 6. The summed E-state index contributed by atoms with van der Waals surface area (Å²) in [5, 5.41) is 2.27. The van der Waals surface area contributed by atoms with Crippen molar-refractivity contribution in [2.75, 3.05) is 4.90 Å². The number of nitrogens with zero attached hydrogens (tertiary/aromatic N) is 1. The summed E-state index contributed by atoms with van der Waals surface area (Å²) >= 11 is 0. The normalized spacial score (nSPS) is 15.3. The number of anilines is 3. The standard InChI is InChI=1S/C69H53NO/c1-67(2)40-41-68(3,4)65-54(25-17-30-61(65)67)57-42-56-52-22-10-14-29-60(52)69(58-27-12-8-20-50(58)51-21-9-13-28-59(51)69)62(56)43-63(57)70(47-36-32-45(33-37-47)44-18-6-5-7-19-44)48-38-34-46(35-39-48)49-24-16-26-55-53-23-11-15-31-64(53)71-66(49)55/h5-39,42-43H,40-41H2,1-4H3. The van der Waals surface area contributed by atoms with Gasteiger partial charge in [-0.05, 0) is 144 Å². The lowest BCUT2D eigenvalue weighted by Gasteiger charge is -2.43. The highest BCUT2D eigenvalue weighted by Crippen LogP contribution is 2.65. The lowest BCUT2D eigenvalue weighted by molar-refractivity contribution is 0.333. The Hall–Kier alpha value is -8.20. The molecule has 0 bridgehead atoms. The van der Waals surface area contributed by atoms with Crippen LogP contribution in [-0.4, -0.2) is 0 Å². The van der Waals surface area contributed by atoms with Gasteiger partial charge in [0.05, 0.1) is 11.1 Å². The maximum absolute atomic E-state index is 6.60. The van der Waals surface area contributed by atoms with Crippen LogP contribution in [0.15, 0.2) is 229 Å². The number of para-hydroxylation sites is 2. The number of hydrogen-bond donors (Lipinski definition) is 0. The molecule has 0 amide bonds. The molecule has 1 heterocycles. The second-order valence-electron chi connectivity index (χ2n) is 21.4. The molecule has 0 N–H and O–H groups in total. The molecule has 3 aliphatic rings. The molecule has 2 heteroatoms. The van der Waals surface area contributed by atoms with Crippen molar-refractivity contribution in [2.45, 2.75) is 56.8 Å². The molecule has 0 fully saturated rings. The van der Waals surface area contributed by atoms with Gasteiger partial charge in [-0.15, -0.1) is 0 Å². The van der Waals surface area contributed by atoms with Gasteiger partial charge in [-0.1, -0.05) is 210 Å². The van der Waals surface area contributed by atoms with Crippen LogP contribution in [0.4, 0.5) is 17.1 Å². The first-order valence-corrected chi connectivity index (χ1v) is 25.3. The van der Waals surface area contributed by atoms with Gasteiger partial charge >= 0.3 is 0 Å². The summed E-state index contributed by atoms with van der Waals surface area (Å²) in [7, 11) is 0. The summed E-state index contributed by atoms with van der Waals surface area (Å²) in [6, 6.07) is 83.8. The molecule has 0 saturated carbocycles. The minimum atomic E-state index is -0.512. The Bertz CT molecular complexity index is 3880. The first-order chi connectivity index (χ1) is 34.7. The first-order valence-electron chi connectivity index (χ1n) is 25.3. The monoisotopic (exact) mass is 911 g/mol. The largest absolute Gasteiger partial charge is 0.455 e. The molecule has 1 aromatic heterocycles. The Labute approximate surface area is 416 Å². The average molecular weight is 912 g/mol. The number of fused-ring (bicyclic) bond motifs is 14. The summed E-state index contributed by atoms with van der Waals surface area (Å²) < 4.78 is 6.60. The second kappa shape index (κ2) is 15.4. The molecular formula is C69H53NO. The highest BCUT2D eigenvalue weighted by molar-refractivity contribution is 6.10. The van der Waals surface area contributed by atoms with Gasteiger partial charge in [-0.3, -0.25) is 0 Å². The molecule has 14 rings (SSSR count). The Balaban J connectivity index is 1.07. The van der Waals surface area contributed by atoms with Crippen molar-refractivity contribution in [1.29, 1.82) is 0 Å². The number of benzene rings is 10. The van der Waals surface area contributed by atoms with Crippen molar-refractivity contribution < 1.29 is 4.42 Å². The predicted octanol–water partition coefficient (Wildman–Crippen LogP) is 18.7. The van der Waals surface area contributed by atoms with Gasteiger partial charge < -0.3 is 9.32 Å². The van der Waals surface area contributed by atoms with Crippen LogP contribution >= 0.6 is 0 Å². The molecule has 0 unspecified atom stereocenters. The zero-order chi connectivity index (χ0) is 47.6. The SMILES string of the molecule is CC1(C)CCC(C)(C)c2c(-c3cc4c(cc3N(c3ccc(-c5ccccc5)cc3)c3ccc(-c5cccc6c5oc5ccccc56)cc3)C3(c5ccccc5-c5ccccc53)c3ccccc3-4)cccc21. The van der Waals surface area contributed by atoms with E-state index in [9.17, 15) is 0 Å². The Morgan fingerprint density at radius 1 is 0.352 bits per heavy atom. The third-order valence-electron chi connectivity index (χ3n) is 16.6. The molecule has 2 nitrogen and oxygen atoms in total. The second-order valence-corrected chi connectivity index (χ2v) is 21.4. The van der Waals surface area contributed by atoms with Gasteiger partial charge in [0, 0.05) is 33.3 Å².